The Morgan fingerprint density at radius 3 is 2.38 bits per heavy atom. The molecule has 0 aliphatic rings. The van der Waals surface area contributed by atoms with Gasteiger partial charge in [-0.3, -0.25) is 0 Å². The van der Waals surface area contributed by atoms with Crippen LogP contribution in [-0.2, 0) is 4.74 Å². The van der Waals surface area contributed by atoms with Gasteiger partial charge in [-0.25, -0.2) is 0 Å². The number of hydrogen-bond acceptors (Lipinski definition) is 3. The van der Waals surface area contributed by atoms with Crippen molar-refractivity contribution in [1.82, 2.24) is 0 Å². The van der Waals surface area contributed by atoms with Crippen LogP contribution in [0.5, 0.6) is 0 Å². The van der Waals surface area contributed by atoms with Crippen molar-refractivity contribution in [2.24, 2.45) is 0 Å². The number of rotatable bonds is 6. The Labute approximate surface area is 130 Å². The summed E-state index contributed by atoms with van der Waals surface area (Å²) in [6, 6.07) is 17.5. The first-order valence-corrected chi connectivity index (χ1v) is 7.12. The van der Waals surface area contributed by atoms with Crippen LogP contribution < -0.4 is 5.32 Å². The number of methoxy groups -OCH3 is 1. The quantitative estimate of drug-likeness (QED) is 0.860. The van der Waals surface area contributed by atoms with Gasteiger partial charge in [-0.15, -0.1) is 0 Å². The van der Waals surface area contributed by atoms with Crippen molar-refractivity contribution < 1.29 is 4.74 Å². The van der Waals surface area contributed by atoms with E-state index in [1.165, 1.54) is 0 Å². The third-order valence-electron chi connectivity index (χ3n) is 3.24. The second-order valence-electron chi connectivity index (χ2n) is 4.72. The fraction of sp³-hybridized carbons (Fsp3) is 0.235. The van der Waals surface area contributed by atoms with Crippen molar-refractivity contribution in [2.75, 3.05) is 19.0 Å². The van der Waals surface area contributed by atoms with Gasteiger partial charge in [0.25, 0.3) is 0 Å². The average molecular weight is 301 g/mol. The van der Waals surface area contributed by atoms with Crippen LogP contribution in [0.25, 0.3) is 0 Å². The molecule has 0 saturated heterocycles. The molecule has 2 aromatic rings. The van der Waals surface area contributed by atoms with Gasteiger partial charge < -0.3 is 10.1 Å². The van der Waals surface area contributed by atoms with Gasteiger partial charge in [0, 0.05) is 24.4 Å². The molecule has 0 aromatic heterocycles. The minimum absolute atomic E-state index is 0.134. The lowest BCUT2D eigenvalue weighted by molar-refractivity contribution is 0.190. The molecule has 0 bridgehead atoms. The normalized spacial score (nSPS) is 11.7. The molecule has 0 amide bonds. The summed E-state index contributed by atoms with van der Waals surface area (Å²) in [5.41, 5.74) is 2.78. The largest absolute Gasteiger partial charge is 0.385 e. The first-order valence-electron chi connectivity index (χ1n) is 6.74. The number of halogens is 1. The molecular formula is C17H17ClN2O. The van der Waals surface area contributed by atoms with Crippen LogP contribution in [0.4, 0.5) is 5.69 Å². The lowest BCUT2D eigenvalue weighted by Gasteiger charge is -2.20. The third kappa shape index (κ3) is 4.49. The van der Waals surface area contributed by atoms with Crippen LogP contribution in [0.3, 0.4) is 0 Å². The second-order valence-corrected chi connectivity index (χ2v) is 5.16. The lowest BCUT2D eigenvalue weighted by atomic mass is 10.0. The minimum atomic E-state index is 0.134. The maximum atomic E-state index is 8.83. The van der Waals surface area contributed by atoms with Crippen molar-refractivity contribution in [3.63, 3.8) is 0 Å². The van der Waals surface area contributed by atoms with Crippen LogP contribution in [-0.4, -0.2) is 13.7 Å². The van der Waals surface area contributed by atoms with E-state index in [0.717, 1.165) is 22.7 Å². The molecule has 0 aliphatic heterocycles. The highest BCUT2D eigenvalue weighted by Gasteiger charge is 2.11. The van der Waals surface area contributed by atoms with Gasteiger partial charge in [-0.2, -0.15) is 5.26 Å². The Morgan fingerprint density at radius 2 is 1.81 bits per heavy atom. The van der Waals surface area contributed by atoms with E-state index in [-0.39, 0.29) is 6.04 Å². The maximum Gasteiger partial charge on any atom is 0.0991 e. The molecule has 0 fully saturated rings. The molecule has 0 spiro atoms. The molecule has 2 rings (SSSR count). The van der Waals surface area contributed by atoms with Gasteiger partial charge >= 0.3 is 0 Å². The first-order chi connectivity index (χ1) is 10.2. The number of nitrogens with zero attached hydrogens (tertiary/aromatic N) is 1. The van der Waals surface area contributed by atoms with Gasteiger partial charge in [0.15, 0.2) is 0 Å². The summed E-state index contributed by atoms with van der Waals surface area (Å²) < 4.78 is 5.18. The standard InChI is InChI=1S/C17H17ClN2O/c1-21-11-10-17(14-4-6-15(18)7-5-14)20-16-8-2-13(12-19)3-9-16/h2-9,17,20H,10-11H2,1H3. The zero-order valence-corrected chi connectivity index (χ0v) is 12.6. The number of ether oxygens (including phenoxy) is 1. The second kappa shape index (κ2) is 7.68. The molecule has 108 valence electrons. The van der Waals surface area contributed by atoms with E-state index in [0.29, 0.717) is 12.2 Å². The van der Waals surface area contributed by atoms with Crippen LogP contribution in [0, 0.1) is 11.3 Å². The highest BCUT2D eigenvalue weighted by molar-refractivity contribution is 6.30. The summed E-state index contributed by atoms with van der Waals surface area (Å²) in [5, 5.41) is 13.0. The summed E-state index contributed by atoms with van der Waals surface area (Å²) in [7, 11) is 1.70. The van der Waals surface area contributed by atoms with Crippen LogP contribution in [0.15, 0.2) is 48.5 Å². The van der Waals surface area contributed by atoms with Crippen molar-refractivity contribution >= 4 is 17.3 Å². The van der Waals surface area contributed by atoms with Crippen LogP contribution in [0.1, 0.15) is 23.6 Å². The SMILES string of the molecule is COCCC(Nc1ccc(C#N)cc1)c1ccc(Cl)cc1. The molecule has 1 atom stereocenters. The fourth-order valence-electron chi connectivity index (χ4n) is 2.10. The smallest absolute Gasteiger partial charge is 0.0991 e. The molecule has 0 radical (unpaired) electrons. The van der Waals surface area contributed by atoms with Gasteiger partial charge in [0.2, 0.25) is 0 Å². The zero-order chi connectivity index (χ0) is 15.1. The molecule has 4 heteroatoms. The topological polar surface area (TPSA) is 45.0 Å². The lowest BCUT2D eigenvalue weighted by Crippen LogP contribution is -2.13. The van der Waals surface area contributed by atoms with E-state index < -0.39 is 0 Å². The number of hydrogen-bond donors (Lipinski definition) is 1. The third-order valence-corrected chi connectivity index (χ3v) is 3.49. The van der Waals surface area contributed by atoms with E-state index in [9.17, 15) is 0 Å². The van der Waals surface area contributed by atoms with Gasteiger partial charge in [-0.05, 0) is 48.4 Å². The monoisotopic (exact) mass is 300 g/mol. The van der Waals surface area contributed by atoms with Crippen molar-refractivity contribution in [1.29, 1.82) is 5.26 Å². The predicted octanol–water partition coefficient (Wildman–Crippen LogP) is 4.40. The maximum absolute atomic E-state index is 8.83. The van der Waals surface area contributed by atoms with E-state index in [1.807, 2.05) is 36.4 Å². The summed E-state index contributed by atoms with van der Waals surface area (Å²) in [6.45, 7) is 0.663. The highest BCUT2D eigenvalue weighted by Crippen LogP contribution is 2.24. The minimum Gasteiger partial charge on any atom is -0.385 e. The van der Waals surface area contributed by atoms with Gasteiger partial charge in [0.05, 0.1) is 17.7 Å². The number of nitriles is 1. The molecule has 0 aliphatic carbocycles. The Morgan fingerprint density at radius 1 is 1.14 bits per heavy atom. The van der Waals surface area contributed by atoms with Gasteiger partial charge in [0.1, 0.15) is 0 Å². The summed E-state index contributed by atoms with van der Waals surface area (Å²) in [4.78, 5) is 0. The van der Waals surface area contributed by atoms with E-state index in [4.69, 9.17) is 21.6 Å². The van der Waals surface area contributed by atoms with E-state index in [2.05, 4.69) is 11.4 Å². The summed E-state index contributed by atoms with van der Waals surface area (Å²) in [5.74, 6) is 0. The Hall–Kier alpha value is -2.02. The van der Waals surface area contributed by atoms with E-state index in [1.54, 1.807) is 19.2 Å². The Kier molecular flexibility index (Phi) is 5.62. The molecule has 2 aromatic carbocycles. The average Bonchev–Trinajstić information content (AvgIpc) is 2.53. The number of nitrogens with one attached hydrogen (secondary N) is 1. The van der Waals surface area contributed by atoms with Crippen molar-refractivity contribution in [2.45, 2.75) is 12.5 Å². The Bertz CT molecular complexity index is 602. The van der Waals surface area contributed by atoms with Crippen molar-refractivity contribution in [3.8, 4) is 6.07 Å². The molecule has 21 heavy (non-hydrogen) atoms. The molecule has 0 heterocycles. The first kappa shape index (κ1) is 15.4. The van der Waals surface area contributed by atoms with Crippen LogP contribution >= 0.6 is 11.6 Å². The van der Waals surface area contributed by atoms with Crippen LogP contribution in [0.2, 0.25) is 5.02 Å². The molecule has 1 N–H and O–H groups in total. The van der Waals surface area contributed by atoms with E-state index >= 15 is 0 Å². The summed E-state index contributed by atoms with van der Waals surface area (Å²) in [6.07, 6.45) is 0.845. The molecule has 3 nitrogen and oxygen atoms in total. The summed E-state index contributed by atoms with van der Waals surface area (Å²) >= 11 is 5.94. The molecular weight excluding hydrogens is 284 g/mol. The fourth-order valence-corrected chi connectivity index (χ4v) is 2.22. The molecule has 1 unspecified atom stereocenters. The highest BCUT2D eigenvalue weighted by atomic mass is 35.5. The Balaban J connectivity index is 2.15. The zero-order valence-electron chi connectivity index (χ0n) is 11.8. The van der Waals surface area contributed by atoms with Gasteiger partial charge in [-0.1, -0.05) is 23.7 Å². The predicted molar refractivity (Wildman–Crippen MR) is 85.5 cm³/mol. The number of anilines is 1. The number of benzene rings is 2. The molecule has 0 saturated carbocycles. The van der Waals surface area contributed by atoms with Crippen molar-refractivity contribution in [3.05, 3.63) is 64.7 Å².